The SMILES string of the molecule is COc1ccc(C[C@H](NC(=O)[C@H]2NCCC[C@@]2(C)O)C(N)=O)cc1. The zero-order valence-electron chi connectivity index (χ0n) is 14.0. The lowest BCUT2D eigenvalue weighted by molar-refractivity contribution is -0.134. The second-order valence-electron chi connectivity index (χ2n) is 6.36. The van der Waals surface area contributed by atoms with E-state index in [-0.39, 0.29) is 6.42 Å². The number of primary amides is 1. The molecule has 132 valence electrons. The van der Waals surface area contributed by atoms with Crippen LogP contribution in [0.15, 0.2) is 24.3 Å². The van der Waals surface area contributed by atoms with Crippen LogP contribution < -0.4 is 21.1 Å². The second kappa shape index (κ2) is 7.63. The normalized spacial score (nSPS) is 24.9. The van der Waals surface area contributed by atoms with Gasteiger partial charge in [-0.2, -0.15) is 0 Å². The third-order valence-corrected chi connectivity index (χ3v) is 4.35. The highest BCUT2D eigenvalue weighted by Crippen LogP contribution is 2.21. The molecule has 0 unspecified atom stereocenters. The minimum Gasteiger partial charge on any atom is -0.497 e. The van der Waals surface area contributed by atoms with Gasteiger partial charge in [0.1, 0.15) is 17.8 Å². The Morgan fingerprint density at radius 1 is 1.46 bits per heavy atom. The molecule has 5 N–H and O–H groups in total. The summed E-state index contributed by atoms with van der Waals surface area (Å²) in [5.41, 5.74) is 5.13. The fourth-order valence-electron chi connectivity index (χ4n) is 2.91. The first-order valence-electron chi connectivity index (χ1n) is 8.02. The first-order chi connectivity index (χ1) is 11.3. The predicted octanol–water partition coefficient (Wildman–Crippen LogP) is -0.289. The topological polar surface area (TPSA) is 114 Å². The molecule has 0 saturated carbocycles. The first kappa shape index (κ1) is 18.2. The van der Waals surface area contributed by atoms with Crippen molar-refractivity contribution in [2.24, 2.45) is 5.73 Å². The molecule has 3 atom stereocenters. The van der Waals surface area contributed by atoms with Crippen LogP contribution in [0.5, 0.6) is 5.75 Å². The van der Waals surface area contributed by atoms with Crippen molar-refractivity contribution in [3.05, 3.63) is 29.8 Å². The molecule has 0 spiro atoms. The predicted molar refractivity (Wildman–Crippen MR) is 89.5 cm³/mol. The van der Waals surface area contributed by atoms with E-state index in [0.29, 0.717) is 18.7 Å². The summed E-state index contributed by atoms with van der Waals surface area (Å²) < 4.78 is 5.09. The number of nitrogens with two attached hydrogens (primary N) is 1. The summed E-state index contributed by atoms with van der Waals surface area (Å²) in [5, 5.41) is 16.0. The van der Waals surface area contributed by atoms with E-state index in [1.165, 1.54) is 0 Å². The number of amides is 2. The molecule has 1 heterocycles. The average Bonchev–Trinajstić information content (AvgIpc) is 2.54. The van der Waals surface area contributed by atoms with E-state index in [1.54, 1.807) is 26.2 Å². The molecule has 0 aliphatic carbocycles. The second-order valence-corrected chi connectivity index (χ2v) is 6.36. The molecule has 0 bridgehead atoms. The molecule has 0 aromatic heterocycles. The van der Waals surface area contributed by atoms with E-state index in [0.717, 1.165) is 12.0 Å². The molecule has 1 saturated heterocycles. The van der Waals surface area contributed by atoms with Crippen molar-refractivity contribution < 1.29 is 19.4 Å². The van der Waals surface area contributed by atoms with Crippen molar-refractivity contribution in [3.8, 4) is 5.75 Å². The zero-order valence-corrected chi connectivity index (χ0v) is 14.0. The van der Waals surface area contributed by atoms with E-state index in [9.17, 15) is 14.7 Å². The number of ether oxygens (including phenoxy) is 1. The first-order valence-corrected chi connectivity index (χ1v) is 8.02. The molecule has 2 rings (SSSR count). The minimum atomic E-state index is -1.15. The number of aliphatic hydroxyl groups is 1. The molecule has 0 radical (unpaired) electrons. The van der Waals surface area contributed by atoms with E-state index in [2.05, 4.69) is 10.6 Å². The molecular weight excluding hydrogens is 310 g/mol. The summed E-state index contributed by atoms with van der Waals surface area (Å²) in [6.07, 6.45) is 1.60. The van der Waals surface area contributed by atoms with Gasteiger partial charge in [0, 0.05) is 6.42 Å². The van der Waals surface area contributed by atoms with Crippen molar-refractivity contribution >= 4 is 11.8 Å². The molecule has 1 aromatic carbocycles. The summed E-state index contributed by atoms with van der Waals surface area (Å²) in [6.45, 7) is 2.26. The van der Waals surface area contributed by atoms with Crippen LogP contribution in [0.4, 0.5) is 0 Å². The summed E-state index contributed by atoms with van der Waals surface area (Å²) in [5.74, 6) is -0.326. The number of methoxy groups -OCH3 is 1. The lowest BCUT2D eigenvalue weighted by Gasteiger charge is -2.37. The lowest BCUT2D eigenvalue weighted by atomic mass is 9.87. The van der Waals surface area contributed by atoms with Gasteiger partial charge < -0.3 is 26.2 Å². The fraction of sp³-hybridized carbons (Fsp3) is 0.529. The molecular formula is C17H25N3O4. The van der Waals surface area contributed by atoms with Crippen LogP contribution in [0.3, 0.4) is 0 Å². The molecule has 7 nitrogen and oxygen atoms in total. The lowest BCUT2D eigenvalue weighted by Crippen LogP contribution is -2.62. The Morgan fingerprint density at radius 3 is 2.67 bits per heavy atom. The van der Waals surface area contributed by atoms with Gasteiger partial charge >= 0.3 is 0 Å². The van der Waals surface area contributed by atoms with Gasteiger partial charge in [-0.25, -0.2) is 0 Å². The fourth-order valence-corrected chi connectivity index (χ4v) is 2.91. The highest BCUT2D eigenvalue weighted by atomic mass is 16.5. The minimum absolute atomic E-state index is 0.278. The van der Waals surface area contributed by atoms with Crippen molar-refractivity contribution in [1.82, 2.24) is 10.6 Å². The Hall–Kier alpha value is -2.12. The molecule has 7 heteroatoms. The third-order valence-electron chi connectivity index (χ3n) is 4.35. The monoisotopic (exact) mass is 335 g/mol. The van der Waals surface area contributed by atoms with Gasteiger partial charge in [-0.05, 0) is 44.0 Å². The van der Waals surface area contributed by atoms with Crippen LogP contribution in [-0.2, 0) is 16.0 Å². The van der Waals surface area contributed by atoms with Gasteiger partial charge in [0.2, 0.25) is 11.8 Å². The molecule has 1 aromatic rings. The number of nitrogens with one attached hydrogen (secondary N) is 2. The smallest absolute Gasteiger partial charge is 0.240 e. The maximum absolute atomic E-state index is 12.5. The van der Waals surface area contributed by atoms with E-state index < -0.39 is 29.5 Å². The molecule has 1 aliphatic rings. The van der Waals surface area contributed by atoms with Gasteiger partial charge in [0.25, 0.3) is 0 Å². The Kier molecular flexibility index (Phi) is 5.80. The zero-order chi connectivity index (χ0) is 17.7. The number of rotatable bonds is 6. The molecule has 24 heavy (non-hydrogen) atoms. The van der Waals surface area contributed by atoms with Gasteiger partial charge in [-0.15, -0.1) is 0 Å². The summed E-state index contributed by atoms with van der Waals surface area (Å²) in [4.78, 5) is 24.2. The van der Waals surface area contributed by atoms with Crippen LogP contribution in [0.1, 0.15) is 25.3 Å². The van der Waals surface area contributed by atoms with E-state index >= 15 is 0 Å². The number of carbonyl (C=O) groups excluding carboxylic acids is 2. The number of hydrogen-bond acceptors (Lipinski definition) is 5. The van der Waals surface area contributed by atoms with E-state index in [1.807, 2.05) is 12.1 Å². The summed E-state index contributed by atoms with van der Waals surface area (Å²) in [6, 6.07) is 5.59. The van der Waals surface area contributed by atoms with Crippen LogP contribution in [0.25, 0.3) is 0 Å². The number of piperidine rings is 1. The third kappa shape index (κ3) is 4.46. The van der Waals surface area contributed by atoms with E-state index in [4.69, 9.17) is 10.5 Å². The number of hydrogen-bond donors (Lipinski definition) is 4. The average molecular weight is 335 g/mol. The highest BCUT2D eigenvalue weighted by molar-refractivity contribution is 5.90. The van der Waals surface area contributed by atoms with Crippen molar-refractivity contribution in [1.29, 1.82) is 0 Å². The maximum Gasteiger partial charge on any atom is 0.240 e. The highest BCUT2D eigenvalue weighted by Gasteiger charge is 2.40. The standard InChI is InChI=1S/C17H25N3O4/c1-17(23)8-3-9-19-14(17)16(22)20-13(15(18)21)10-11-4-6-12(24-2)7-5-11/h4-7,13-14,19,23H,3,8-10H2,1-2H3,(H2,18,21)(H,20,22)/t13-,14+,17+/m0/s1. The van der Waals surface area contributed by atoms with Crippen molar-refractivity contribution in [2.75, 3.05) is 13.7 Å². The van der Waals surface area contributed by atoms with Crippen molar-refractivity contribution in [3.63, 3.8) is 0 Å². The molecule has 1 fully saturated rings. The Labute approximate surface area is 141 Å². The maximum atomic E-state index is 12.5. The van der Waals surface area contributed by atoms with Crippen molar-refractivity contribution in [2.45, 2.75) is 43.9 Å². The quantitative estimate of drug-likeness (QED) is 0.570. The van der Waals surface area contributed by atoms with Crippen LogP contribution in [0, 0.1) is 0 Å². The Bertz CT molecular complexity index is 586. The largest absolute Gasteiger partial charge is 0.497 e. The van der Waals surface area contributed by atoms with Crippen LogP contribution >= 0.6 is 0 Å². The Balaban J connectivity index is 2.04. The molecule has 1 aliphatic heterocycles. The van der Waals surface area contributed by atoms with Gasteiger partial charge in [0.05, 0.1) is 12.7 Å². The molecule has 2 amide bonds. The Morgan fingerprint density at radius 2 is 2.12 bits per heavy atom. The summed E-state index contributed by atoms with van der Waals surface area (Å²) >= 11 is 0. The van der Waals surface area contributed by atoms with Crippen LogP contribution in [-0.4, -0.2) is 48.3 Å². The van der Waals surface area contributed by atoms with Crippen LogP contribution in [0.2, 0.25) is 0 Å². The number of carbonyl (C=O) groups is 2. The van der Waals surface area contributed by atoms with Gasteiger partial charge in [0.15, 0.2) is 0 Å². The van der Waals surface area contributed by atoms with Gasteiger partial charge in [-0.1, -0.05) is 12.1 Å². The van der Waals surface area contributed by atoms with Gasteiger partial charge in [-0.3, -0.25) is 9.59 Å². The number of benzene rings is 1. The summed E-state index contributed by atoms with van der Waals surface area (Å²) in [7, 11) is 1.57.